The van der Waals surface area contributed by atoms with E-state index in [1.54, 1.807) is 18.3 Å². The lowest BCUT2D eigenvalue weighted by molar-refractivity contribution is 0.0947. The number of benzene rings is 1. The standard InChI is InChI=1S/C14H15ClN2O2/c1-2-12-8-16-13(19-12)9-17-14(18)11-5-3-4-10(6-11)7-15/h3-6,8H,2,7,9H2,1H3,(H,17,18). The van der Waals surface area contributed by atoms with Gasteiger partial charge in [0.1, 0.15) is 5.76 Å². The van der Waals surface area contributed by atoms with Crippen molar-refractivity contribution >= 4 is 17.5 Å². The third-order valence-corrected chi connectivity index (χ3v) is 3.00. The smallest absolute Gasteiger partial charge is 0.251 e. The minimum Gasteiger partial charge on any atom is -0.444 e. The Hall–Kier alpha value is -1.81. The van der Waals surface area contributed by atoms with Crippen molar-refractivity contribution in [3.05, 3.63) is 53.2 Å². The summed E-state index contributed by atoms with van der Waals surface area (Å²) in [4.78, 5) is 16.0. The number of carbonyl (C=O) groups is 1. The van der Waals surface area contributed by atoms with Crippen molar-refractivity contribution in [2.75, 3.05) is 0 Å². The molecule has 2 rings (SSSR count). The van der Waals surface area contributed by atoms with Gasteiger partial charge < -0.3 is 9.73 Å². The van der Waals surface area contributed by atoms with Crippen molar-refractivity contribution in [1.29, 1.82) is 0 Å². The van der Waals surface area contributed by atoms with Crippen molar-refractivity contribution in [2.24, 2.45) is 0 Å². The third-order valence-electron chi connectivity index (χ3n) is 2.69. The molecule has 0 saturated carbocycles. The van der Waals surface area contributed by atoms with E-state index in [0.717, 1.165) is 17.7 Å². The second kappa shape index (κ2) is 6.38. The molecule has 0 bridgehead atoms. The third kappa shape index (κ3) is 3.58. The number of halogens is 1. The van der Waals surface area contributed by atoms with Gasteiger partial charge in [0, 0.05) is 17.9 Å². The number of nitrogens with one attached hydrogen (secondary N) is 1. The summed E-state index contributed by atoms with van der Waals surface area (Å²) in [6, 6.07) is 7.21. The first-order valence-electron chi connectivity index (χ1n) is 6.09. The van der Waals surface area contributed by atoms with Gasteiger partial charge >= 0.3 is 0 Å². The van der Waals surface area contributed by atoms with E-state index >= 15 is 0 Å². The van der Waals surface area contributed by atoms with Crippen molar-refractivity contribution in [3.63, 3.8) is 0 Å². The quantitative estimate of drug-likeness (QED) is 0.856. The summed E-state index contributed by atoms with van der Waals surface area (Å²) in [6.45, 7) is 2.27. The minimum atomic E-state index is -0.164. The summed E-state index contributed by atoms with van der Waals surface area (Å²) in [6.07, 6.45) is 2.47. The number of alkyl halides is 1. The fraction of sp³-hybridized carbons (Fsp3) is 0.286. The molecule has 0 radical (unpaired) electrons. The predicted molar refractivity (Wildman–Crippen MR) is 73.1 cm³/mol. The summed E-state index contributed by atoms with van der Waals surface area (Å²) in [7, 11) is 0. The molecule has 5 heteroatoms. The van der Waals surface area contributed by atoms with Gasteiger partial charge in [-0.05, 0) is 17.7 Å². The highest BCUT2D eigenvalue weighted by Crippen LogP contribution is 2.08. The highest BCUT2D eigenvalue weighted by atomic mass is 35.5. The van der Waals surface area contributed by atoms with Crippen LogP contribution in [0.5, 0.6) is 0 Å². The van der Waals surface area contributed by atoms with E-state index in [1.807, 2.05) is 19.1 Å². The molecular weight excluding hydrogens is 264 g/mol. The predicted octanol–water partition coefficient (Wildman–Crippen LogP) is 2.91. The Balaban J connectivity index is 1.96. The van der Waals surface area contributed by atoms with Gasteiger partial charge in [0.25, 0.3) is 5.91 Å². The number of hydrogen-bond acceptors (Lipinski definition) is 3. The average Bonchev–Trinajstić information content (AvgIpc) is 2.93. The number of hydrogen-bond donors (Lipinski definition) is 1. The molecule has 0 aliphatic heterocycles. The number of aromatic nitrogens is 1. The number of amides is 1. The Bertz CT molecular complexity index is 566. The lowest BCUT2D eigenvalue weighted by atomic mass is 10.1. The van der Waals surface area contributed by atoms with E-state index in [9.17, 15) is 4.79 Å². The van der Waals surface area contributed by atoms with Crippen LogP contribution in [0.2, 0.25) is 0 Å². The van der Waals surface area contributed by atoms with Crippen LogP contribution in [0.1, 0.15) is 34.5 Å². The first kappa shape index (κ1) is 13.6. The van der Waals surface area contributed by atoms with Crippen LogP contribution in [0, 0.1) is 0 Å². The van der Waals surface area contributed by atoms with Crippen LogP contribution in [0.25, 0.3) is 0 Å². The molecule has 0 fully saturated rings. The van der Waals surface area contributed by atoms with Crippen molar-refractivity contribution in [1.82, 2.24) is 10.3 Å². The largest absolute Gasteiger partial charge is 0.444 e. The van der Waals surface area contributed by atoms with Gasteiger partial charge in [-0.15, -0.1) is 11.6 Å². The lowest BCUT2D eigenvalue weighted by Gasteiger charge is -2.04. The fourth-order valence-corrected chi connectivity index (χ4v) is 1.81. The Kier molecular flexibility index (Phi) is 4.58. The molecule has 19 heavy (non-hydrogen) atoms. The lowest BCUT2D eigenvalue weighted by Crippen LogP contribution is -2.23. The molecule has 1 aromatic carbocycles. The Morgan fingerprint density at radius 2 is 2.32 bits per heavy atom. The molecule has 0 aliphatic rings. The number of oxazole rings is 1. The summed E-state index contributed by atoms with van der Waals surface area (Å²) in [5, 5.41) is 2.77. The van der Waals surface area contributed by atoms with Crippen LogP contribution < -0.4 is 5.32 Å². The van der Waals surface area contributed by atoms with Crippen LogP contribution in [-0.4, -0.2) is 10.9 Å². The summed E-state index contributed by atoms with van der Waals surface area (Å²) >= 11 is 5.74. The zero-order chi connectivity index (χ0) is 13.7. The maximum absolute atomic E-state index is 11.9. The molecule has 1 amide bonds. The van der Waals surface area contributed by atoms with Gasteiger partial charge in [-0.1, -0.05) is 19.1 Å². The fourth-order valence-electron chi connectivity index (χ4n) is 1.65. The zero-order valence-corrected chi connectivity index (χ0v) is 11.4. The van der Waals surface area contributed by atoms with Crippen LogP contribution in [0.3, 0.4) is 0 Å². The van der Waals surface area contributed by atoms with Crippen LogP contribution in [0.4, 0.5) is 0 Å². The molecule has 100 valence electrons. The first-order valence-corrected chi connectivity index (χ1v) is 6.63. The molecule has 0 aliphatic carbocycles. The van der Waals surface area contributed by atoms with Gasteiger partial charge in [0.2, 0.25) is 5.89 Å². The summed E-state index contributed by atoms with van der Waals surface area (Å²) in [5.41, 5.74) is 1.50. The molecular formula is C14H15ClN2O2. The molecule has 4 nitrogen and oxygen atoms in total. The maximum atomic E-state index is 11.9. The molecule has 0 saturated heterocycles. The molecule has 0 unspecified atom stereocenters. The summed E-state index contributed by atoms with van der Waals surface area (Å²) < 4.78 is 5.42. The van der Waals surface area contributed by atoms with Crippen molar-refractivity contribution in [2.45, 2.75) is 25.8 Å². The van der Waals surface area contributed by atoms with Gasteiger partial charge in [-0.3, -0.25) is 4.79 Å². The van der Waals surface area contributed by atoms with Gasteiger partial charge in [0.15, 0.2) is 0 Å². The van der Waals surface area contributed by atoms with Crippen LogP contribution in [0.15, 0.2) is 34.9 Å². The first-order chi connectivity index (χ1) is 9.22. The van der Waals surface area contributed by atoms with Crippen LogP contribution >= 0.6 is 11.6 Å². The second-order valence-electron chi connectivity index (χ2n) is 4.09. The van der Waals surface area contributed by atoms with E-state index in [-0.39, 0.29) is 12.5 Å². The van der Waals surface area contributed by atoms with Gasteiger partial charge in [-0.2, -0.15) is 0 Å². The number of rotatable bonds is 5. The second-order valence-corrected chi connectivity index (χ2v) is 4.36. The number of aryl methyl sites for hydroxylation is 1. The zero-order valence-electron chi connectivity index (χ0n) is 10.6. The Morgan fingerprint density at radius 1 is 1.47 bits per heavy atom. The maximum Gasteiger partial charge on any atom is 0.251 e. The molecule has 1 aromatic heterocycles. The van der Waals surface area contributed by atoms with E-state index in [0.29, 0.717) is 17.3 Å². The number of carbonyl (C=O) groups excluding carboxylic acids is 1. The summed E-state index contributed by atoms with van der Waals surface area (Å²) in [5.74, 6) is 1.55. The monoisotopic (exact) mass is 278 g/mol. The molecule has 1 N–H and O–H groups in total. The highest BCUT2D eigenvalue weighted by molar-refractivity contribution is 6.17. The average molecular weight is 279 g/mol. The Morgan fingerprint density at radius 3 is 3.00 bits per heavy atom. The van der Waals surface area contributed by atoms with E-state index < -0.39 is 0 Å². The number of nitrogens with zero attached hydrogens (tertiary/aromatic N) is 1. The Labute approximate surface area is 116 Å². The molecule has 0 spiro atoms. The normalized spacial score (nSPS) is 10.4. The minimum absolute atomic E-state index is 0.164. The van der Waals surface area contributed by atoms with Crippen molar-refractivity contribution in [3.8, 4) is 0 Å². The highest BCUT2D eigenvalue weighted by Gasteiger charge is 2.08. The van der Waals surface area contributed by atoms with Crippen molar-refractivity contribution < 1.29 is 9.21 Å². The van der Waals surface area contributed by atoms with Crippen LogP contribution in [-0.2, 0) is 18.8 Å². The molecule has 1 heterocycles. The van der Waals surface area contributed by atoms with E-state index in [4.69, 9.17) is 16.0 Å². The van der Waals surface area contributed by atoms with Gasteiger partial charge in [0.05, 0.1) is 12.7 Å². The SMILES string of the molecule is CCc1cnc(CNC(=O)c2cccc(CCl)c2)o1. The molecule has 0 atom stereocenters. The topological polar surface area (TPSA) is 55.1 Å². The molecule has 2 aromatic rings. The van der Waals surface area contributed by atoms with Gasteiger partial charge in [-0.25, -0.2) is 4.98 Å². The van der Waals surface area contributed by atoms with E-state index in [1.165, 1.54) is 0 Å². The van der Waals surface area contributed by atoms with E-state index in [2.05, 4.69) is 10.3 Å².